The molecule has 0 aliphatic rings. The van der Waals surface area contributed by atoms with Gasteiger partial charge in [-0.05, 0) is 55.3 Å². The number of halogens is 2. The molecule has 0 aromatic heterocycles. The Hall–Kier alpha value is -2.15. The number of anilines is 2. The van der Waals surface area contributed by atoms with Crippen LogP contribution < -0.4 is 10.5 Å². The summed E-state index contributed by atoms with van der Waals surface area (Å²) in [6, 6.07) is 5.61. The highest BCUT2D eigenvalue weighted by atomic mass is 32.2. The summed E-state index contributed by atoms with van der Waals surface area (Å²) in [7, 11) is -3.95. The molecule has 2 aromatic carbocycles. The van der Waals surface area contributed by atoms with Crippen LogP contribution in [0.4, 0.5) is 20.2 Å². The molecule has 0 atom stereocenters. The second-order valence-corrected chi connectivity index (χ2v) is 6.33. The van der Waals surface area contributed by atoms with E-state index in [1.54, 1.807) is 0 Å². The molecular formula is C14H14F2N2O2S. The monoisotopic (exact) mass is 312 g/mol. The van der Waals surface area contributed by atoms with Crippen molar-refractivity contribution in [2.75, 3.05) is 10.5 Å². The van der Waals surface area contributed by atoms with Crippen molar-refractivity contribution in [3.05, 3.63) is 53.1 Å². The molecule has 3 N–H and O–H groups in total. The number of sulfonamides is 1. The van der Waals surface area contributed by atoms with Crippen molar-refractivity contribution in [1.29, 1.82) is 0 Å². The normalized spacial score (nSPS) is 11.4. The van der Waals surface area contributed by atoms with E-state index in [-0.39, 0.29) is 27.4 Å². The third-order valence-electron chi connectivity index (χ3n) is 2.95. The number of rotatable bonds is 3. The largest absolute Gasteiger partial charge is 0.397 e. The Morgan fingerprint density at radius 2 is 1.57 bits per heavy atom. The minimum atomic E-state index is -3.95. The second kappa shape index (κ2) is 5.33. The molecule has 0 aliphatic heterocycles. The van der Waals surface area contributed by atoms with Gasteiger partial charge in [-0.1, -0.05) is 0 Å². The molecule has 7 heteroatoms. The number of aryl methyl sites for hydroxylation is 2. The van der Waals surface area contributed by atoms with E-state index in [0.29, 0.717) is 0 Å². The lowest BCUT2D eigenvalue weighted by Crippen LogP contribution is -2.17. The van der Waals surface area contributed by atoms with Gasteiger partial charge in [-0.25, -0.2) is 17.2 Å². The zero-order valence-corrected chi connectivity index (χ0v) is 12.3. The SMILES string of the molecule is Cc1cc(F)cc(C)c1S(=O)(=O)Nc1ccc(F)cc1N. The van der Waals surface area contributed by atoms with Crippen LogP contribution in [0.25, 0.3) is 0 Å². The average Bonchev–Trinajstić information content (AvgIpc) is 2.30. The molecule has 0 aliphatic carbocycles. The standard InChI is InChI=1S/C14H14F2N2O2S/c1-8-5-11(16)6-9(2)14(8)21(19,20)18-13-4-3-10(15)7-12(13)17/h3-7,18H,17H2,1-2H3. The summed E-state index contributed by atoms with van der Waals surface area (Å²) >= 11 is 0. The molecule has 0 bridgehead atoms. The lowest BCUT2D eigenvalue weighted by atomic mass is 10.1. The lowest BCUT2D eigenvalue weighted by molar-refractivity contribution is 0.597. The van der Waals surface area contributed by atoms with Crippen molar-refractivity contribution >= 4 is 21.4 Å². The van der Waals surface area contributed by atoms with Gasteiger partial charge >= 0.3 is 0 Å². The molecule has 4 nitrogen and oxygen atoms in total. The molecule has 0 unspecified atom stereocenters. The second-order valence-electron chi connectivity index (χ2n) is 4.71. The van der Waals surface area contributed by atoms with Crippen LogP contribution in [0, 0.1) is 25.5 Å². The van der Waals surface area contributed by atoms with Gasteiger partial charge in [0.15, 0.2) is 0 Å². The molecule has 0 spiro atoms. The fourth-order valence-electron chi connectivity index (χ4n) is 2.14. The van der Waals surface area contributed by atoms with Crippen LogP contribution in [0.3, 0.4) is 0 Å². The Balaban J connectivity index is 2.48. The van der Waals surface area contributed by atoms with Gasteiger partial charge in [0.1, 0.15) is 11.6 Å². The van der Waals surface area contributed by atoms with Gasteiger partial charge in [0.2, 0.25) is 0 Å². The topological polar surface area (TPSA) is 72.2 Å². The van der Waals surface area contributed by atoms with E-state index in [9.17, 15) is 17.2 Å². The minimum Gasteiger partial charge on any atom is -0.397 e. The van der Waals surface area contributed by atoms with E-state index < -0.39 is 21.7 Å². The summed E-state index contributed by atoms with van der Waals surface area (Å²) in [6.07, 6.45) is 0. The van der Waals surface area contributed by atoms with Crippen molar-refractivity contribution in [1.82, 2.24) is 0 Å². The van der Waals surface area contributed by atoms with Gasteiger partial charge in [0.25, 0.3) is 10.0 Å². The van der Waals surface area contributed by atoms with E-state index in [1.807, 2.05) is 0 Å². The molecule has 0 saturated heterocycles. The lowest BCUT2D eigenvalue weighted by Gasteiger charge is -2.14. The molecule has 0 saturated carbocycles. The number of hydrogen-bond donors (Lipinski definition) is 2. The highest BCUT2D eigenvalue weighted by molar-refractivity contribution is 7.92. The van der Waals surface area contributed by atoms with Gasteiger partial charge < -0.3 is 5.73 Å². The van der Waals surface area contributed by atoms with Gasteiger partial charge in [-0.2, -0.15) is 0 Å². The summed E-state index contributed by atoms with van der Waals surface area (Å²) in [5.41, 5.74) is 6.17. The van der Waals surface area contributed by atoms with E-state index in [4.69, 9.17) is 5.73 Å². The maximum absolute atomic E-state index is 13.3. The van der Waals surface area contributed by atoms with Crippen molar-refractivity contribution in [2.45, 2.75) is 18.7 Å². The van der Waals surface area contributed by atoms with Crippen molar-refractivity contribution < 1.29 is 17.2 Å². The highest BCUT2D eigenvalue weighted by Gasteiger charge is 2.21. The van der Waals surface area contributed by atoms with E-state index in [0.717, 1.165) is 24.3 Å². The zero-order chi connectivity index (χ0) is 15.8. The number of nitrogens with two attached hydrogens (primary N) is 1. The maximum atomic E-state index is 13.3. The van der Waals surface area contributed by atoms with Crippen molar-refractivity contribution in [3.63, 3.8) is 0 Å². The van der Waals surface area contributed by atoms with Gasteiger partial charge in [0, 0.05) is 0 Å². The summed E-state index contributed by atoms with van der Waals surface area (Å²) in [4.78, 5) is -0.0207. The third-order valence-corrected chi connectivity index (χ3v) is 4.62. The fourth-order valence-corrected chi connectivity index (χ4v) is 3.69. The van der Waals surface area contributed by atoms with E-state index in [2.05, 4.69) is 4.72 Å². The fraction of sp³-hybridized carbons (Fsp3) is 0.143. The van der Waals surface area contributed by atoms with Gasteiger partial charge in [-0.3, -0.25) is 4.72 Å². The predicted octanol–water partition coefficient (Wildman–Crippen LogP) is 2.96. The predicted molar refractivity (Wildman–Crippen MR) is 77.5 cm³/mol. The van der Waals surface area contributed by atoms with Gasteiger partial charge in [-0.15, -0.1) is 0 Å². The smallest absolute Gasteiger partial charge is 0.262 e. The van der Waals surface area contributed by atoms with Crippen LogP contribution in [0.5, 0.6) is 0 Å². The molecule has 0 amide bonds. The molecule has 0 fully saturated rings. The first kappa shape index (κ1) is 15.2. The quantitative estimate of drug-likeness (QED) is 0.856. The number of benzene rings is 2. The Morgan fingerprint density at radius 3 is 2.10 bits per heavy atom. The van der Waals surface area contributed by atoms with E-state index >= 15 is 0 Å². The van der Waals surface area contributed by atoms with Crippen LogP contribution in [-0.4, -0.2) is 8.42 Å². The van der Waals surface area contributed by atoms with Crippen molar-refractivity contribution in [2.24, 2.45) is 0 Å². The molecular weight excluding hydrogens is 298 g/mol. The highest BCUT2D eigenvalue weighted by Crippen LogP contribution is 2.26. The Bertz CT molecular complexity index is 782. The molecule has 2 aromatic rings. The Labute approximate surface area is 121 Å². The summed E-state index contributed by atoms with van der Waals surface area (Å²) in [6.45, 7) is 3.00. The molecule has 2 rings (SSSR count). The number of hydrogen-bond acceptors (Lipinski definition) is 3. The molecule has 0 radical (unpaired) electrons. The van der Waals surface area contributed by atoms with Crippen LogP contribution in [0.15, 0.2) is 35.2 Å². The minimum absolute atomic E-state index is 0.0207. The van der Waals surface area contributed by atoms with Gasteiger partial charge in [0.05, 0.1) is 16.3 Å². The third kappa shape index (κ3) is 3.13. The van der Waals surface area contributed by atoms with Crippen molar-refractivity contribution in [3.8, 4) is 0 Å². The summed E-state index contributed by atoms with van der Waals surface area (Å²) in [5.74, 6) is -1.07. The Morgan fingerprint density at radius 1 is 1.00 bits per heavy atom. The number of nitrogen functional groups attached to an aromatic ring is 1. The first-order valence-electron chi connectivity index (χ1n) is 6.05. The summed E-state index contributed by atoms with van der Waals surface area (Å²) in [5, 5.41) is 0. The van der Waals surface area contributed by atoms with Crippen LogP contribution in [-0.2, 0) is 10.0 Å². The van der Waals surface area contributed by atoms with E-state index in [1.165, 1.54) is 19.9 Å². The average molecular weight is 312 g/mol. The first-order valence-corrected chi connectivity index (χ1v) is 7.53. The van der Waals surface area contributed by atoms with Crippen LogP contribution in [0.2, 0.25) is 0 Å². The zero-order valence-electron chi connectivity index (χ0n) is 11.4. The molecule has 112 valence electrons. The summed E-state index contributed by atoms with van der Waals surface area (Å²) < 4.78 is 53.3. The Kier molecular flexibility index (Phi) is 3.87. The molecule has 21 heavy (non-hydrogen) atoms. The maximum Gasteiger partial charge on any atom is 0.262 e. The molecule has 0 heterocycles. The van der Waals surface area contributed by atoms with Crippen LogP contribution >= 0.6 is 0 Å². The first-order chi connectivity index (χ1) is 9.70. The van der Waals surface area contributed by atoms with Crippen LogP contribution in [0.1, 0.15) is 11.1 Å². The number of nitrogens with one attached hydrogen (secondary N) is 1.